The zero-order chi connectivity index (χ0) is 28.9. The molecule has 1 aliphatic rings. The zero-order valence-corrected chi connectivity index (χ0v) is 23.6. The molecule has 5 rings (SSSR count). The fourth-order valence-corrected chi connectivity index (χ4v) is 5.93. The molecular formula is C33H32ClFN2O4. The first-order valence-electron chi connectivity index (χ1n) is 13.7. The number of likely N-dealkylation sites (tertiary alicyclic amines) is 1. The second kappa shape index (κ2) is 12.7. The first kappa shape index (κ1) is 28.6. The van der Waals surface area contributed by atoms with Gasteiger partial charge in [-0.3, -0.25) is 9.69 Å². The maximum atomic E-state index is 14.3. The van der Waals surface area contributed by atoms with Gasteiger partial charge in [-0.2, -0.15) is 0 Å². The Bertz CT molecular complexity index is 1570. The number of ether oxygens (including phenoxy) is 1. The Morgan fingerprint density at radius 3 is 2.37 bits per heavy atom. The highest BCUT2D eigenvalue weighted by molar-refractivity contribution is 6.33. The van der Waals surface area contributed by atoms with E-state index in [4.69, 9.17) is 16.3 Å². The number of fused-ring (bicyclic) bond motifs is 1. The van der Waals surface area contributed by atoms with E-state index < -0.39 is 23.7 Å². The number of carboxylic acids is 1. The molecule has 1 amide bonds. The Labute approximate surface area is 243 Å². The van der Waals surface area contributed by atoms with Crippen LogP contribution in [-0.2, 0) is 17.8 Å². The molecule has 212 valence electrons. The highest BCUT2D eigenvalue weighted by atomic mass is 35.5. The van der Waals surface area contributed by atoms with Crippen LogP contribution in [-0.4, -0.2) is 48.1 Å². The van der Waals surface area contributed by atoms with Crippen LogP contribution >= 0.6 is 11.6 Å². The molecular weight excluding hydrogens is 543 g/mol. The van der Waals surface area contributed by atoms with Crippen molar-refractivity contribution in [2.24, 2.45) is 0 Å². The molecule has 0 radical (unpaired) electrons. The summed E-state index contributed by atoms with van der Waals surface area (Å²) in [6.07, 6.45) is 3.65. The number of rotatable bonds is 9. The normalized spacial score (nSPS) is 14.5. The van der Waals surface area contributed by atoms with Gasteiger partial charge in [0.2, 0.25) is 0 Å². The predicted molar refractivity (Wildman–Crippen MR) is 159 cm³/mol. The van der Waals surface area contributed by atoms with Crippen molar-refractivity contribution in [2.45, 2.75) is 38.3 Å². The van der Waals surface area contributed by atoms with Crippen LogP contribution in [0.15, 0.2) is 72.8 Å². The Hall–Kier alpha value is -3.94. The van der Waals surface area contributed by atoms with E-state index >= 15 is 0 Å². The van der Waals surface area contributed by atoms with E-state index in [0.29, 0.717) is 0 Å². The molecule has 6 nitrogen and oxygen atoms in total. The molecule has 0 aliphatic carbocycles. The number of halogens is 2. The molecule has 1 heterocycles. The fraction of sp³-hybridized carbons (Fsp3) is 0.273. The van der Waals surface area contributed by atoms with Gasteiger partial charge in [0.05, 0.1) is 17.7 Å². The quantitative estimate of drug-likeness (QED) is 0.232. The van der Waals surface area contributed by atoms with Gasteiger partial charge >= 0.3 is 5.97 Å². The molecule has 0 saturated carbocycles. The van der Waals surface area contributed by atoms with Crippen molar-refractivity contribution in [2.75, 3.05) is 20.2 Å². The predicted octanol–water partition coefficient (Wildman–Crippen LogP) is 6.72. The van der Waals surface area contributed by atoms with Gasteiger partial charge in [0.15, 0.2) is 0 Å². The van der Waals surface area contributed by atoms with E-state index in [9.17, 15) is 19.1 Å². The number of carboxylic acid groups (broad SMARTS) is 1. The average Bonchev–Trinajstić information content (AvgIpc) is 2.97. The van der Waals surface area contributed by atoms with Gasteiger partial charge < -0.3 is 15.2 Å². The lowest BCUT2D eigenvalue weighted by Crippen LogP contribution is -2.42. The summed E-state index contributed by atoms with van der Waals surface area (Å²) in [5, 5.41) is 14.2. The number of piperidine rings is 1. The number of benzene rings is 4. The summed E-state index contributed by atoms with van der Waals surface area (Å²) < 4.78 is 20.2. The second-order valence-corrected chi connectivity index (χ2v) is 10.7. The van der Waals surface area contributed by atoms with Gasteiger partial charge in [0.1, 0.15) is 17.6 Å². The summed E-state index contributed by atoms with van der Waals surface area (Å²) in [7, 11) is 1.67. The summed E-state index contributed by atoms with van der Waals surface area (Å²) in [5.74, 6) is -2.15. The third kappa shape index (κ3) is 6.21. The Morgan fingerprint density at radius 2 is 1.63 bits per heavy atom. The van der Waals surface area contributed by atoms with Gasteiger partial charge in [0, 0.05) is 18.5 Å². The highest BCUT2D eigenvalue weighted by Crippen LogP contribution is 2.39. The van der Waals surface area contributed by atoms with Crippen LogP contribution in [0.3, 0.4) is 0 Å². The minimum absolute atomic E-state index is 0.000494. The lowest BCUT2D eigenvalue weighted by molar-refractivity contribution is -0.139. The summed E-state index contributed by atoms with van der Waals surface area (Å²) in [4.78, 5) is 27.5. The molecule has 2 N–H and O–H groups in total. The van der Waals surface area contributed by atoms with Gasteiger partial charge in [-0.25, -0.2) is 9.18 Å². The third-order valence-corrected chi connectivity index (χ3v) is 7.99. The Kier molecular flexibility index (Phi) is 8.86. The van der Waals surface area contributed by atoms with E-state index in [1.165, 1.54) is 37.0 Å². The van der Waals surface area contributed by atoms with Crippen LogP contribution in [0.1, 0.15) is 40.7 Å². The number of hydrogen-bond donors (Lipinski definition) is 2. The molecule has 4 aromatic carbocycles. The van der Waals surface area contributed by atoms with E-state index in [0.717, 1.165) is 58.9 Å². The number of aliphatic carboxylic acids is 1. The monoisotopic (exact) mass is 574 g/mol. The summed E-state index contributed by atoms with van der Waals surface area (Å²) in [6, 6.07) is 20.4. The van der Waals surface area contributed by atoms with Crippen LogP contribution in [0.5, 0.6) is 5.75 Å². The van der Waals surface area contributed by atoms with Gasteiger partial charge in [-0.15, -0.1) is 0 Å². The lowest BCUT2D eigenvalue weighted by Gasteiger charge is -2.28. The molecule has 8 heteroatoms. The van der Waals surface area contributed by atoms with E-state index in [-0.39, 0.29) is 17.0 Å². The number of nitrogens with zero attached hydrogens (tertiary/aromatic N) is 1. The molecule has 0 unspecified atom stereocenters. The molecule has 0 aromatic heterocycles. The Balaban J connectivity index is 1.51. The zero-order valence-electron chi connectivity index (χ0n) is 22.8. The van der Waals surface area contributed by atoms with Crippen molar-refractivity contribution in [1.82, 2.24) is 10.2 Å². The van der Waals surface area contributed by atoms with Crippen molar-refractivity contribution in [3.05, 3.63) is 100 Å². The average molecular weight is 575 g/mol. The van der Waals surface area contributed by atoms with Crippen LogP contribution in [0, 0.1) is 5.82 Å². The van der Waals surface area contributed by atoms with Gasteiger partial charge in [0.25, 0.3) is 5.91 Å². The highest BCUT2D eigenvalue weighted by Gasteiger charge is 2.25. The first-order valence-corrected chi connectivity index (χ1v) is 14.1. The number of carbonyl (C=O) groups is 2. The molecule has 4 aromatic rings. The molecule has 1 atom stereocenters. The smallest absolute Gasteiger partial charge is 0.326 e. The van der Waals surface area contributed by atoms with Gasteiger partial charge in [-0.05, 0) is 71.6 Å². The SMILES string of the molecule is COc1cccc(CN2CCCCC2)c1-c1cccc2c(C[C@H](NC(=O)c3c(F)cccc3Cl)C(=O)O)cccc12. The standard InChI is InChI=1S/C33H32ClFN2O4/c1-41-29-16-6-10-22(20-37-17-3-2-4-18-37)30(29)25-13-7-11-23-21(9-5-12-24(23)25)19-28(33(39)40)36-32(38)31-26(34)14-8-15-27(31)35/h5-16,28H,2-4,17-20H2,1H3,(H,36,38)(H,39,40)/t28-/m0/s1. The van der Waals surface area contributed by atoms with Gasteiger partial charge in [-0.1, -0.05) is 72.6 Å². The minimum Gasteiger partial charge on any atom is -0.496 e. The van der Waals surface area contributed by atoms with E-state index in [1.807, 2.05) is 42.5 Å². The van der Waals surface area contributed by atoms with Crippen molar-refractivity contribution >= 4 is 34.2 Å². The number of amides is 1. The van der Waals surface area contributed by atoms with Crippen molar-refractivity contribution < 1.29 is 23.8 Å². The summed E-state index contributed by atoms with van der Waals surface area (Å²) in [6.45, 7) is 2.95. The number of nitrogens with one attached hydrogen (secondary N) is 1. The van der Waals surface area contributed by atoms with Crippen molar-refractivity contribution in [3.63, 3.8) is 0 Å². The molecule has 1 aliphatic heterocycles. The number of methoxy groups -OCH3 is 1. The van der Waals surface area contributed by atoms with Crippen LogP contribution in [0.4, 0.5) is 4.39 Å². The lowest BCUT2D eigenvalue weighted by atomic mass is 9.90. The maximum absolute atomic E-state index is 14.3. The first-order chi connectivity index (χ1) is 19.9. The van der Waals surface area contributed by atoms with Crippen molar-refractivity contribution in [3.8, 4) is 16.9 Å². The minimum atomic E-state index is -1.30. The van der Waals surface area contributed by atoms with Crippen LogP contribution < -0.4 is 10.1 Å². The van der Waals surface area contributed by atoms with Crippen molar-refractivity contribution in [1.29, 1.82) is 0 Å². The molecule has 1 saturated heterocycles. The number of hydrogen-bond acceptors (Lipinski definition) is 4. The molecule has 1 fully saturated rings. The summed E-state index contributed by atoms with van der Waals surface area (Å²) in [5.41, 5.74) is 3.53. The van der Waals surface area contributed by atoms with Crippen LogP contribution in [0.25, 0.3) is 21.9 Å². The number of carbonyl (C=O) groups excluding carboxylic acids is 1. The molecule has 0 spiro atoms. The van der Waals surface area contributed by atoms with E-state index in [2.05, 4.69) is 22.3 Å². The molecule has 41 heavy (non-hydrogen) atoms. The van der Waals surface area contributed by atoms with E-state index in [1.54, 1.807) is 7.11 Å². The van der Waals surface area contributed by atoms with Crippen LogP contribution in [0.2, 0.25) is 5.02 Å². The summed E-state index contributed by atoms with van der Waals surface area (Å²) >= 11 is 6.04. The fourth-order valence-electron chi connectivity index (χ4n) is 5.68. The molecule has 0 bridgehead atoms. The Morgan fingerprint density at radius 1 is 0.951 bits per heavy atom. The topological polar surface area (TPSA) is 78.9 Å². The third-order valence-electron chi connectivity index (χ3n) is 7.67. The second-order valence-electron chi connectivity index (χ2n) is 10.3. The largest absolute Gasteiger partial charge is 0.496 e. The maximum Gasteiger partial charge on any atom is 0.326 e.